The topological polar surface area (TPSA) is 193 Å². The molecule has 0 amide bonds. The third-order valence-electron chi connectivity index (χ3n) is 8.70. The number of allylic oxidation sites excluding steroid dienone is 2. The van der Waals surface area contributed by atoms with E-state index in [9.17, 15) is 39.3 Å². The quantitative estimate of drug-likeness (QED) is 0.107. The minimum absolute atomic E-state index is 0.00536. The van der Waals surface area contributed by atoms with Gasteiger partial charge < -0.3 is 29.9 Å². The summed E-state index contributed by atoms with van der Waals surface area (Å²) in [4.78, 5) is 75.3. The van der Waals surface area contributed by atoms with Gasteiger partial charge in [-0.3, -0.25) is 24.0 Å². The van der Waals surface area contributed by atoms with Gasteiger partial charge in [0.2, 0.25) is 5.78 Å². The Kier molecular flexibility index (Phi) is 6.39. The maximum atomic E-state index is 14.2. The second-order valence-corrected chi connectivity index (χ2v) is 11.4. The number of aromatic nitrogens is 1. The smallest absolute Gasteiger partial charge is 0.260 e. The molecular weight excluding hydrogens is 620 g/mol. The first-order valence-corrected chi connectivity index (χ1v) is 14.3. The Morgan fingerprint density at radius 1 is 0.957 bits per heavy atom. The number of oxime groups is 1. The fourth-order valence-electron chi connectivity index (χ4n) is 6.65. The van der Waals surface area contributed by atoms with Gasteiger partial charge in [-0.15, -0.1) is 0 Å². The number of pyridine rings is 1. The van der Waals surface area contributed by atoms with Crippen molar-refractivity contribution in [2.24, 2.45) is 5.16 Å². The number of H-pyrrole nitrogens is 1. The van der Waals surface area contributed by atoms with Crippen LogP contribution in [0.5, 0.6) is 17.2 Å². The van der Waals surface area contributed by atoms with Crippen LogP contribution >= 0.6 is 11.6 Å². The van der Waals surface area contributed by atoms with Crippen LogP contribution in [-0.4, -0.2) is 56.8 Å². The zero-order valence-corrected chi connectivity index (χ0v) is 24.5. The molecule has 3 aliphatic carbocycles. The van der Waals surface area contributed by atoms with Crippen molar-refractivity contribution in [3.63, 3.8) is 0 Å². The molecule has 1 atom stereocenters. The maximum absolute atomic E-state index is 14.2. The van der Waals surface area contributed by atoms with Crippen molar-refractivity contribution in [3.8, 4) is 17.2 Å². The van der Waals surface area contributed by atoms with Gasteiger partial charge in [0, 0.05) is 17.0 Å². The predicted octanol–water partition coefficient (Wildman–Crippen LogP) is 4.02. The summed E-state index contributed by atoms with van der Waals surface area (Å²) in [5.41, 5.74) is -4.69. The predicted molar refractivity (Wildman–Crippen MR) is 162 cm³/mol. The van der Waals surface area contributed by atoms with Gasteiger partial charge >= 0.3 is 0 Å². The molecule has 1 heterocycles. The van der Waals surface area contributed by atoms with E-state index in [0.29, 0.717) is 0 Å². The van der Waals surface area contributed by atoms with E-state index >= 15 is 0 Å². The molecule has 0 fully saturated rings. The van der Waals surface area contributed by atoms with E-state index in [1.807, 2.05) is 30.3 Å². The fourth-order valence-corrected chi connectivity index (χ4v) is 6.99. The largest absolute Gasteiger partial charge is 0.507 e. The average Bonchev–Trinajstić information content (AvgIpc) is 3.55. The van der Waals surface area contributed by atoms with Gasteiger partial charge in [-0.05, 0) is 30.0 Å². The first-order valence-electron chi connectivity index (χ1n) is 13.9. The molecule has 13 heteroatoms. The Balaban J connectivity index is 1.35. The number of nitrogens with one attached hydrogen (secondary N) is 1. The number of fused-ring (bicyclic) bond motifs is 5. The number of phenolic OH excluding ortho intramolecular Hbond substituents is 3. The summed E-state index contributed by atoms with van der Waals surface area (Å²) in [6.45, 7) is 0.178. The van der Waals surface area contributed by atoms with E-state index in [0.717, 1.165) is 18.7 Å². The molecule has 0 unspecified atom stereocenters. The SMILES string of the molecule is COC1=CC(=O)c2c(O)c3c(c(O)c2C1=O)C(=O)[C@]1(CCc2c1c(O)c1c(=O)[nH]c(C=NOCc4ccccc4)cc1c2Cl)C3=O. The highest BCUT2D eigenvalue weighted by molar-refractivity contribution is 6.41. The van der Waals surface area contributed by atoms with Gasteiger partial charge in [0.15, 0.2) is 23.1 Å². The van der Waals surface area contributed by atoms with Crippen LogP contribution in [0.2, 0.25) is 5.02 Å². The highest BCUT2D eigenvalue weighted by Crippen LogP contribution is 2.58. The third-order valence-corrected chi connectivity index (χ3v) is 9.14. The number of carbonyl (C=O) groups excluding carboxylic acids is 4. The highest BCUT2D eigenvalue weighted by atomic mass is 35.5. The monoisotopic (exact) mass is 640 g/mol. The summed E-state index contributed by atoms with van der Waals surface area (Å²) in [7, 11) is 1.12. The lowest BCUT2D eigenvalue weighted by Gasteiger charge is -2.23. The van der Waals surface area contributed by atoms with Gasteiger partial charge in [-0.1, -0.05) is 47.1 Å². The van der Waals surface area contributed by atoms with E-state index in [1.165, 1.54) is 12.3 Å². The van der Waals surface area contributed by atoms with Crippen molar-refractivity contribution in [2.75, 3.05) is 7.11 Å². The number of phenols is 3. The molecule has 4 N–H and O–H groups in total. The minimum Gasteiger partial charge on any atom is -0.507 e. The molecule has 230 valence electrons. The van der Waals surface area contributed by atoms with Crippen molar-refractivity contribution in [1.29, 1.82) is 0 Å². The molecule has 12 nitrogen and oxygen atoms in total. The Hall–Kier alpha value is -5.75. The number of ether oxygens (including phenoxy) is 1. The van der Waals surface area contributed by atoms with Crippen LogP contribution in [0.3, 0.4) is 0 Å². The molecule has 0 saturated heterocycles. The summed E-state index contributed by atoms with van der Waals surface area (Å²) in [5, 5.41) is 37.6. The van der Waals surface area contributed by atoms with Gasteiger partial charge in [-0.2, -0.15) is 0 Å². The third kappa shape index (κ3) is 3.73. The van der Waals surface area contributed by atoms with Crippen molar-refractivity contribution in [1.82, 2.24) is 4.98 Å². The molecule has 46 heavy (non-hydrogen) atoms. The number of hydrogen-bond donors (Lipinski definition) is 4. The van der Waals surface area contributed by atoms with E-state index in [1.54, 1.807) is 0 Å². The van der Waals surface area contributed by atoms with Crippen LogP contribution in [0.4, 0.5) is 0 Å². The Labute approximate surface area is 263 Å². The van der Waals surface area contributed by atoms with Crippen LogP contribution < -0.4 is 5.56 Å². The van der Waals surface area contributed by atoms with E-state index in [2.05, 4.69) is 10.1 Å². The normalized spacial score (nSPS) is 18.3. The lowest BCUT2D eigenvalue weighted by atomic mass is 9.76. The zero-order valence-electron chi connectivity index (χ0n) is 23.8. The Morgan fingerprint density at radius 3 is 2.30 bits per heavy atom. The standard InChI is InChI=1S/C33H21ClN2O10/c1-45-18-10-17(37)20-21(26(18)38)28(40)23-22(27(20)39)30(42)33(31(23)43)8-7-15-24(33)29(41)19-16(25(15)34)9-14(36-32(19)44)11-35-46-12-13-5-3-2-4-6-13/h2-6,9-11,39-41H,7-8,12H2,1H3,(H,36,44)/t33-/m0/s1. The number of Topliss-reactive ketones (excluding diaryl/α,β-unsaturated/α-hetero) is 3. The van der Waals surface area contributed by atoms with E-state index in [4.69, 9.17) is 21.2 Å². The summed E-state index contributed by atoms with van der Waals surface area (Å²) in [6.07, 6.45) is 1.81. The number of hydrogen-bond acceptors (Lipinski definition) is 11. The number of aromatic amines is 1. The Bertz CT molecular complexity index is 2240. The molecule has 0 radical (unpaired) electrons. The average molecular weight is 641 g/mol. The number of methoxy groups -OCH3 is 1. The maximum Gasteiger partial charge on any atom is 0.260 e. The van der Waals surface area contributed by atoms with Crippen molar-refractivity contribution in [3.05, 3.63) is 108 Å². The van der Waals surface area contributed by atoms with Crippen molar-refractivity contribution < 1.29 is 44.1 Å². The summed E-state index contributed by atoms with van der Waals surface area (Å²) in [5.74, 6) is -7.02. The number of rotatable bonds is 5. The van der Waals surface area contributed by atoms with Crippen molar-refractivity contribution in [2.45, 2.75) is 24.9 Å². The van der Waals surface area contributed by atoms with Crippen molar-refractivity contribution >= 4 is 51.7 Å². The molecule has 0 saturated carbocycles. The number of nitrogens with zero attached hydrogens (tertiary/aromatic N) is 1. The molecule has 1 aromatic heterocycles. The molecular formula is C33H21ClN2O10. The van der Waals surface area contributed by atoms with Gasteiger partial charge in [0.05, 0.1) is 51.7 Å². The molecule has 3 aliphatic rings. The first-order chi connectivity index (χ1) is 22.0. The number of halogens is 1. The molecule has 4 aromatic rings. The Morgan fingerprint density at radius 2 is 1.63 bits per heavy atom. The van der Waals surface area contributed by atoms with Crippen LogP contribution in [0.15, 0.2) is 58.2 Å². The number of benzene rings is 3. The van der Waals surface area contributed by atoms with Gasteiger partial charge in [0.25, 0.3) is 5.56 Å². The first kappa shape index (κ1) is 29.0. The summed E-state index contributed by atoms with van der Waals surface area (Å²) >= 11 is 6.78. The summed E-state index contributed by atoms with van der Waals surface area (Å²) < 4.78 is 4.92. The van der Waals surface area contributed by atoms with Crippen LogP contribution in [0, 0.1) is 0 Å². The van der Waals surface area contributed by atoms with E-state index < -0.39 is 79.4 Å². The van der Waals surface area contributed by atoms with Gasteiger partial charge in [-0.25, -0.2) is 0 Å². The molecule has 1 spiro atoms. The van der Waals surface area contributed by atoms with Gasteiger partial charge in [0.1, 0.15) is 29.3 Å². The lowest BCUT2D eigenvalue weighted by Crippen LogP contribution is -2.36. The second-order valence-electron chi connectivity index (χ2n) is 11.0. The number of carbonyl (C=O) groups is 4. The van der Waals surface area contributed by atoms with Crippen LogP contribution in [0.1, 0.15) is 70.2 Å². The summed E-state index contributed by atoms with van der Waals surface area (Å²) in [6, 6.07) is 10.7. The van der Waals surface area contributed by atoms with Crippen LogP contribution in [-0.2, 0) is 28.0 Å². The lowest BCUT2D eigenvalue weighted by molar-refractivity contribution is 0.0790. The number of ketones is 4. The fraction of sp³-hybridized carbons (Fsp3) is 0.152. The second kappa shape index (κ2) is 10.1. The molecule has 3 aromatic carbocycles. The van der Waals surface area contributed by atoms with Crippen LogP contribution in [0.25, 0.3) is 10.8 Å². The number of aromatic hydroxyl groups is 3. The molecule has 7 rings (SSSR count). The highest BCUT2D eigenvalue weighted by Gasteiger charge is 2.62. The zero-order chi connectivity index (χ0) is 32.7. The molecule has 0 bridgehead atoms. The molecule has 0 aliphatic heterocycles. The minimum atomic E-state index is -2.21. The van der Waals surface area contributed by atoms with E-state index in [-0.39, 0.29) is 52.1 Å².